The van der Waals surface area contributed by atoms with E-state index in [-0.39, 0.29) is 29.8 Å². The maximum Gasteiger partial charge on any atom is 0.271 e. The summed E-state index contributed by atoms with van der Waals surface area (Å²) in [6.45, 7) is 1.15. The minimum Gasteiger partial charge on any atom is -0.494 e. The number of nitrogens with zero attached hydrogens (tertiary/aromatic N) is 2. The minimum absolute atomic E-state index is 0.00176. The molecule has 0 saturated heterocycles. The van der Waals surface area contributed by atoms with E-state index in [1.807, 2.05) is 0 Å². The summed E-state index contributed by atoms with van der Waals surface area (Å²) in [7, 11) is 1.44. The molecule has 0 aliphatic carbocycles. The zero-order valence-electron chi connectivity index (χ0n) is 14.3. The molecule has 0 aliphatic heterocycles. The maximum absolute atomic E-state index is 12.6. The number of aromatic hydroxyl groups is 1. The van der Waals surface area contributed by atoms with E-state index in [1.165, 1.54) is 14.0 Å². The van der Waals surface area contributed by atoms with Crippen LogP contribution in [0.15, 0.2) is 29.1 Å². The Morgan fingerprint density at radius 1 is 1.38 bits per heavy atom. The number of carbonyl (C=O) groups excluding carboxylic acids is 1. The predicted molar refractivity (Wildman–Crippen MR) is 95.0 cm³/mol. The molecule has 0 atom stereocenters. The second kappa shape index (κ2) is 8.52. The number of methoxy groups -OCH3 is 1. The molecular weight excluding hydrogens is 360 g/mol. The monoisotopic (exact) mass is 376 g/mol. The van der Waals surface area contributed by atoms with Crippen LogP contribution in [0.4, 0.5) is 0 Å². The first-order chi connectivity index (χ1) is 12.4. The fourth-order valence-electron chi connectivity index (χ4n) is 2.45. The summed E-state index contributed by atoms with van der Waals surface area (Å²) >= 11 is 5.98. The lowest BCUT2D eigenvalue weighted by molar-refractivity contribution is 0.0915. The molecule has 1 aromatic heterocycles. The van der Waals surface area contributed by atoms with E-state index in [9.17, 15) is 20.0 Å². The molecule has 2 aromatic rings. The average molecular weight is 377 g/mol. The Kier molecular flexibility index (Phi) is 6.39. The second-order valence-corrected chi connectivity index (χ2v) is 5.81. The van der Waals surface area contributed by atoms with Gasteiger partial charge in [-0.1, -0.05) is 23.7 Å². The zero-order chi connectivity index (χ0) is 19.3. The number of halogens is 1. The van der Waals surface area contributed by atoms with Crippen LogP contribution in [0.1, 0.15) is 21.5 Å². The average Bonchev–Trinajstić information content (AvgIpc) is 2.61. The molecule has 0 bridgehead atoms. The fraction of sp³-hybridized carbons (Fsp3) is 0.278. The van der Waals surface area contributed by atoms with Gasteiger partial charge < -0.3 is 14.6 Å². The smallest absolute Gasteiger partial charge is 0.271 e. The van der Waals surface area contributed by atoms with Gasteiger partial charge in [-0.15, -0.1) is 0 Å². The van der Waals surface area contributed by atoms with E-state index in [0.717, 1.165) is 4.57 Å². The van der Waals surface area contributed by atoms with Gasteiger partial charge in [0.05, 0.1) is 23.7 Å². The first-order valence-corrected chi connectivity index (χ1v) is 8.06. The van der Waals surface area contributed by atoms with Crippen LogP contribution >= 0.6 is 11.6 Å². The lowest BCUT2D eigenvalue weighted by atomic mass is 10.0. The number of Topliss-reactive ketones (excluding diaryl/α,β-unsaturated/α-hetero) is 1. The van der Waals surface area contributed by atoms with Crippen LogP contribution in [0.3, 0.4) is 0 Å². The Bertz CT molecular complexity index is 930. The van der Waals surface area contributed by atoms with Gasteiger partial charge in [0.25, 0.3) is 5.56 Å². The summed E-state index contributed by atoms with van der Waals surface area (Å²) in [6.07, 6.45) is 0. The van der Waals surface area contributed by atoms with Gasteiger partial charge in [0.15, 0.2) is 6.61 Å². The second-order valence-electron chi connectivity index (χ2n) is 5.40. The number of aromatic nitrogens is 1. The number of para-hydroxylation sites is 1. The van der Waals surface area contributed by atoms with E-state index in [1.54, 1.807) is 30.3 Å². The molecule has 0 fully saturated rings. The topological polar surface area (TPSA) is 102 Å². The van der Waals surface area contributed by atoms with Crippen molar-refractivity contribution in [3.8, 4) is 17.7 Å². The number of nitriles is 1. The van der Waals surface area contributed by atoms with E-state index in [0.29, 0.717) is 10.8 Å². The van der Waals surface area contributed by atoms with E-state index in [4.69, 9.17) is 21.1 Å². The number of pyridine rings is 1. The summed E-state index contributed by atoms with van der Waals surface area (Å²) in [5.74, 6) is -0.785. The van der Waals surface area contributed by atoms with Gasteiger partial charge in [0.2, 0.25) is 11.7 Å². The molecule has 0 aliphatic rings. The Hall–Kier alpha value is -2.82. The van der Waals surface area contributed by atoms with Crippen molar-refractivity contribution in [3.63, 3.8) is 0 Å². The first kappa shape index (κ1) is 19.5. The third kappa shape index (κ3) is 3.87. The summed E-state index contributed by atoms with van der Waals surface area (Å²) in [4.78, 5) is 24.9. The molecule has 2 rings (SSSR count). The largest absolute Gasteiger partial charge is 0.494 e. The van der Waals surface area contributed by atoms with Crippen molar-refractivity contribution in [2.45, 2.75) is 13.5 Å². The number of rotatable bonds is 7. The molecule has 0 unspecified atom stereocenters. The Morgan fingerprint density at radius 2 is 2.08 bits per heavy atom. The highest BCUT2D eigenvalue weighted by Crippen LogP contribution is 2.25. The summed E-state index contributed by atoms with van der Waals surface area (Å²) in [6, 6.07) is 8.42. The number of ether oxygens (including phenoxy) is 2. The quantitative estimate of drug-likeness (QED) is 0.744. The standard InChI is InChI=1S/C18H17ClN2O5/c1-11-12(9-20)17(23)21(7-8-25-2)18(24)16(11)14(22)10-26-15-6-4-3-5-13(15)19/h3-6,24H,7-8,10H2,1-2H3. The maximum atomic E-state index is 12.6. The van der Waals surface area contributed by atoms with Crippen molar-refractivity contribution in [1.29, 1.82) is 5.26 Å². The van der Waals surface area contributed by atoms with Crippen molar-refractivity contribution in [2.75, 3.05) is 20.3 Å². The van der Waals surface area contributed by atoms with Crippen molar-refractivity contribution in [1.82, 2.24) is 4.57 Å². The van der Waals surface area contributed by atoms with Gasteiger partial charge in [0, 0.05) is 7.11 Å². The summed E-state index contributed by atoms with van der Waals surface area (Å²) < 4.78 is 11.2. The van der Waals surface area contributed by atoms with Crippen LogP contribution in [0.2, 0.25) is 5.02 Å². The summed E-state index contributed by atoms with van der Waals surface area (Å²) in [5.41, 5.74) is -0.913. The molecule has 26 heavy (non-hydrogen) atoms. The third-order valence-corrected chi connectivity index (χ3v) is 4.11. The molecule has 7 nitrogen and oxygen atoms in total. The first-order valence-electron chi connectivity index (χ1n) is 7.68. The number of carbonyl (C=O) groups is 1. The molecule has 8 heteroatoms. The fourth-order valence-corrected chi connectivity index (χ4v) is 2.64. The van der Waals surface area contributed by atoms with Crippen LogP contribution < -0.4 is 10.3 Å². The highest BCUT2D eigenvalue weighted by atomic mass is 35.5. The van der Waals surface area contributed by atoms with Crippen molar-refractivity contribution >= 4 is 17.4 Å². The van der Waals surface area contributed by atoms with Gasteiger partial charge in [0.1, 0.15) is 17.4 Å². The molecule has 1 N–H and O–H groups in total. The van der Waals surface area contributed by atoms with Crippen molar-refractivity contribution in [2.24, 2.45) is 0 Å². The van der Waals surface area contributed by atoms with E-state index in [2.05, 4.69) is 0 Å². The summed E-state index contributed by atoms with van der Waals surface area (Å²) in [5, 5.41) is 20.0. The van der Waals surface area contributed by atoms with E-state index < -0.39 is 23.8 Å². The van der Waals surface area contributed by atoms with E-state index >= 15 is 0 Å². The van der Waals surface area contributed by atoms with Crippen LogP contribution in [0, 0.1) is 18.3 Å². The van der Waals surface area contributed by atoms with Gasteiger partial charge in [-0.05, 0) is 24.6 Å². The lowest BCUT2D eigenvalue weighted by Gasteiger charge is -2.15. The van der Waals surface area contributed by atoms with Crippen LogP contribution in [0.5, 0.6) is 11.6 Å². The molecule has 1 aromatic carbocycles. The molecule has 0 radical (unpaired) electrons. The molecular formula is C18H17ClN2O5. The van der Waals surface area contributed by atoms with Gasteiger partial charge in [-0.25, -0.2) is 0 Å². The minimum atomic E-state index is -0.678. The van der Waals surface area contributed by atoms with Crippen LogP contribution in [-0.2, 0) is 11.3 Å². The third-order valence-electron chi connectivity index (χ3n) is 3.79. The predicted octanol–water partition coefficient (Wildman–Crippen LogP) is 2.30. The molecule has 136 valence electrons. The van der Waals surface area contributed by atoms with Gasteiger partial charge in [-0.2, -0.15) is 5.26 Å². The molecule has 0 amide bonds. The van der Waals surface area contributed by atoms with Crippen LogP contribution in [0.25, 0.3) is 0 Å². The number of hydrogen-bond acceptors (Lipinski definition) is 6. The van der Waals surface area contributed by atoms with Crippen molar-refractivity contribution in [3.05, 3.63) is 56.3 Å². The van der Waals surface area contributed by atoms with Crippen LogP contribution in [-0.4, -0.2) is 35.8 Å². The van der Waals surface area contributed by atoms with Gasteiger partial charge >= 0.3 is 0 Å². The number of hydrogen-bond donors (Lipinski definition) is 1. The molecule has 0 spiro atoms. The lowest BCUT2D eigenvalue weighted by Crippen LogP contribution is -2.29. The number of benzene rings is 1. The Labute approximate surface area is 155 Å². The van der Waals surface area contributed by atoms with Crippen molar-refractivity contribution < 1.29 is 19.4 Å². The normalized spacial score (nSPS) is 10.4. The van der Waals surface area contributed by atoms with Gasteiger partial charge in [-0.3, -0.25) is 14.2 Å². The Morgan fingerprint density at radius 3 is 2.69 bits per heavy atom. The molecule has 1 heterocycles. The molecule has 0 saturated carbocycles. The Balaban J connectivity index is 2.41. The SMILES string of the molecule is COCCn1c(O)c(C(=O)COc2ccccc2Cl)c(C)c(C#N)c1=O. The highest BCUT2D eigenvalue weighted by Gasteiger charge is 2.24. The number of ketones is 1. The highest BCUT2D eigenvalue weighted by molar-refractivity contribution is 6.32. The zero-order valence-corrected chi connectivity index (χ0v) is 15.0.